The lowest BCUT2D eigenvalue weighted by atomic mass is 9.97. The van der Waals surface area contributed by atoms with Crippen molar-refractivity contribution < 1.29 is 28.1 Å². The van der Waals surface area contributed by atoms with Gasteiger partial charge in [-0.1, -0.05) is 42.0 Å². The number of ether oxygens (including phenoxy) is 2. The van der Waals surface area contributed by atoms with Crippen LogP contribution in [0.5, 0.6) is 17.2 Å². The van der Waals surface area contributed by atoms with Crippen molar-refractivity contribution in [3.63, 3.8) is 0 Å². The SMILES string of the molecule is COc1ccc([C@@H](Cc2cccc(C)c2)NC[C@@H](O)Cc2ccc(O)c(NS(C)(=O)=O)c2)cc1OC. The first-order chi connectivity index (χ1) is 17.1. The summed E-state index contributed by atoms with van der Waals surface area (Å²) in [7, 11) is -0.355. The fourth-order valence-electron chi connectivity index (χ4n) is 4.07. The van der Waals surface area contributed by atoms with Crippen LogP contribution in [0.15, 0.2) is 60.7 Å². The zero-order valence-electron chi connectivity index (χ0n) is 21.0. The number of benzene rings is 3. The molecule has 2 atom stereocenters. The number of anilines is 1. The van der Waals surface area contributed by atoms with Gasteiger partial charge in [-0.05, 0) is 60.7 Å². The minimum Gasteiger partial charge on any atom is -0.506 e. The Hall–Kier alpha value is -3.27. The van der Waals surface area contributed by atoms with Gasteiger partial charge < -0.3 is 25.0 Å². The van der Waals surface area contributed by atoms with Gasteiger partial charge >= 0.3 is 0 Å². The summed E-state index contributed by atoms with van der Waals surface area (Å²) >= 11 is 0. The second-order valence-electron chi connectivity index (χ2n) is 8.85. The Morgan fingerprint density at radius 3 is 2.31 bits per heavy atom. The van der Waals surface area contributed by atoms with Gasteiger partial charge in [0, 0.05) is 12.6 Å². The first kappa shape index (κ1) is 27.3. The molecule has 0 spiro atoms. The van der Waals surface area contributed by atoms with Gasteiger partial charge in [0.15, 0.2) is 11.5 Å². The Balaban J connectivity index is 1.76. The van der Waals surface area contributed by atoms with Crippen LogP contribution in [0.2, 0.25) is 0 Å². The van der Waals surface area contributed by atoms with Crippen molar-refractivity contribution in [3.05, 3.63) is 82.9 Å². The average Bonchev–Trinajstić information content (AvgIpc) is 2.82. The second kappa shape index (κ2) is 12.1. The highest BCUT2D eigenvalue weighted by atomic mass is 32.2. The number of hydrogen-bond donors (Lipinski definition) is 4. The number of aryl methyl sites for hydroxylation is 1. The van der Waals surface area contributed by atoms with Crippen LogP contribution in [0, 0.1) is 6.92 Å². The summed E-state index contributed by atoms with van der Waals surface area (Å²) in [4.78, 5) is 0. The molecule has 9 heteroatoms. The van der Waals surface area contributed by atoms with Crippen molar-refractivity contribution >= 4 is 15.7 Å². The van der Waals surface area contributed by atoms with E-state index in [4.69, 9.17) is 9.47 Å². The molecule has 0 unspecified atom stereocenters. The lowest BCUT2D eigenvalue weighted by Gasteiger charge is -2.23. The molecule has 8 nitrogen and oxygen atoms in total. The van der Waals surface area contributed by atoms with Crippen LogP contribution < -0.4 is 19.5 Å². The Kier molecular flexibility index (Phi) is 9.19. The van der Waals surface area contributed by atoms with Gasteiger partial charge in [0.1, 0.15) is 5.75 Å². The van der Waals surface area contributed by atoms with Crippen molar-refractivity contribution in [1.82, 2.24) is 5.32 Å². The van der Waals surface area contributed by atoms with E-state index in [0.717, 1.165) is 17.4 Å². The molecule has 0 aliphatic heterocycles. The third kappa shape index (κ3) is 7.87. The van der Waals surface area contributed by atoms with Crippen molar-refractivity contribution in [2.75, 3.05) is 31.7 Å². The van der Waals surface area contributed by atoms with Crippen LogP contribution in [0.1, 0.15) is 28.3 Å². The van der Waals surface area contributed by atoms with Crippen LogP contribution in [-0.2, 0) is 22.9 Å². The quantitative estimate of drug-likeness (QED) is 0.273. The number of phenolic OH excluding ortho intramolecular Hbond substituents is 1. The smallest absolute Gasteiger partial charge is 0.229 e. The number of nitrogens with one attached hydrogen (secondary N) is 2. The molecule has 0 bridgehead atoms. The van der Waals surface area contributed by atoms with Gasteiger partial charge in [0.25, 0.3) is 0 Å². The Bertz CT molecular complexity index is 1280. The van der Waals surface area contributed by atoms with E-state index in [0.29, 0.717) is 30.0 Å². The van der Waals surface area contributed by atoms with E-state index in [2.05, 4.69) is 35.2 Å². The molecule has 4 N–H and O–H groups in total. The van der Waals surface area contributed by atoms with Crippen molar-refractivity contribution in [2.24, 2.45) is 0 Å². The van der Waals surface area contributed by atoms with Gasteiger partial charge in [-0.3, -0.25) is 4.72 Å². The van der Waals surface area contributed by atoms with Crippen molar-refractivity contribution in [1.29, 1.82) is 0 Å². The topological polar surface area (TPSA) is 117 Å². The lowest BCUT2D eigenvalue weighted by Crippen LogP contribution is -2.32. The molecule has 3 rings (SSSR count). The summed E-state index contributed by atoms with van der Waals surface area (Å²) in [5, 5.41) is 24.2. The van der Waals surface area contributed by atoms with E-state index >= 15 is 0 Å². The van der Waals surface area contributed by atoms with Crippen LogP contribution >= 0.6 is 0 Å². The number of rotatable bonds is 12. The highest BCUT2D eigenvalue weighted by Gasteiger charge is 2.18. The molecule has 0 heterocycles. The number of aromatic hydroxyl groups is 1. The molecule has 0 aliphatic rings. The van der Waals surface area contributed by atoms with Gasteiger partial charge in [0.2, 0.25) is 10.0 Å². The molecule has 3 aromatic carbocycles. The molecule has 0 saturated heterocycles. The lowest BCUT2D eigenvalue weighted by molar-refractivity contribution is 0.167. The molecule has 194 valence electrons. The normalized spacial score (nSPS) is 13.1. The third-order valence-electron chi connectivity index (χ3n) is 5.76. The second-order valence-corrected chi connectivity index (χ2v) is 10.6. The molecule has 0 radical (unpaired) electrons. The van der Waals surface area contributed by atoms with Crippen LogP contribution in [0.3, 0.4) is 0 Å². The Morgan fingerprint density at radius 2 is 1.64 bits per heavy atom. The average molecular weight is 515 g/mol. The first-order valence-electron chi connectivity index (χ1n) is 11.6. The van der Waals surface area contributed by atoms with Crippen molar-refractivity contribution in [3.8, 4) is 17.2 Å². The van der Waals surface area contributed by atoms with E-state index < -0.39 is 16.1 Å². The van der Waals surface area contributed by atoms with Crippen LogP contribution in [-0.4, -0.2) is 51.8 Å². The predicted octanol–water partition coefficient (Wildman–Crippen LogP) is 3.57. The highest BCUT2D eigenvalue weighted by molar-refractivity contribution is 7.92. The Labute approximate surface area is 213 Å². The summed E-state index contributed by atoms with van der Waals surface area (Å²) in [6.07, 6.45) is 1.24. The number of hydrogen-bond acceptors (Lipinski definition) is 7. The fraction of sp³-hybridized carbons (Fsp3) is 0.333. The molecule has 36 heavy (non-hydrogen) atoms. The van der Waals surface area contributed by atoms with E-state index in [1.54, 1.807) is 20.3 Å². The summed E-state index contributed by atoms with van der Waals surface area (Å²) in [6.45, 7) is 2.34. The predicted molar refractivity (Wildman–Crippen MR) is 141 cm³/mol. The largest absolute Gasteiger partial charge is 0.506 e. The molecule has 0 fully saturated rings. The maximum atomic E-state index is 11.6. The summed E-state index contributed by atoms with van der Waals surface area (Å²) in [5.74, 6) is 1.09. The number of sulfonamides is 1. The molecule has 3 aromatic rings. The van der Waals surface area contributed by atoms with Crippen molar-refractivity contribution in [2.45, 2.75) is 31.9 Å². The number of aliphatic hydroxyl groups is 1. The van der Waals surface area contributed by atoms with E-state index in [-0.39, 0.29) is 23.9 Å². The van der Waals surface area contributed by atoms with Gasteiger partial charge in [-0.2, -0.15) is 0 Å². The van der Waals surface area contributed by atoms with Gasteiger partial charge in [0.05, 0.1) is 32.3 Å². The van der Waals surface area contributed by atoms with E-state index in [1.807, 2.05) is 24.3 Å². The standard InChI is InChI=1S/C27H34N2O6S/c1-18-6-5-7-19(12-18)14-23(21-9-11-26(34-2)27(16-21)35-3)28-17-22(30)13-20-8-10-25(31)24(15-20)29-36(4,32)33/h5-12,15-16,22-23,28-31H,13-14,17H2,1-4H3/t22-,23+/m0/s1. The minimum atomic E-state index is -3.54. The maximum absolute atomic E-state index is 11.6. The minimum absolute atomic E-state index is 0.0813. The third-order valence-corrected chi connectivity index (χ3v) is 6.35. The molecule has 0 aliphatic carbocycles. The maximum Gasteiger partial charge on any atom is 0.229 e. The molecular formula is C27H34N2O6S. The Morgan fingerprint density at radius 1 is 0.917 bits per heavy atom. The van der Waals surface area contributed by atoms with E-state index in [1.165, 1.54) is 17.7 Å². The summed E-state index contributed by atoms with van der Waals surface area (Å²) in [6, 6.07) is 18.5. The molecular weight excluding hydrogens is 480 g/mol. The number of methoxy groups -OCH3 is 2. The summed E-state index contributed by atoms with van der Waals surface area (Å²) < 4.78 is 36.3. The monoisotopic (exact) mass is 514 g/mol. The van der Waals surface area contributed by atoms with Gasteiger partial charge in [-0.25, -0.2) is 8.42 Å². The number of phenols is 1. The van der Waals surface area contributed by atoms with Gasteiger partial charge in [-0.15, -0.1) is 0 Å². The first-order valence-corrected chi connectivity index (χ1v) is 13.5. The van der Waals surface area contributed by atoms with Crippen LogP contribution in [0.25, 0.3) is 0 Å². The molecule has 0 saturated carbocycles. The molecule has 0 aromatic heterocycles. The number of aliphatic hydroxyl groups excluding tert-OH is 1. The highest BCUT2D eigenvalue weighted by Crippen LogP contribution is 2.31. The van der Waals surface area contributed by atoms with Crippen LogP contribution in [0.4, 0.5) is 5.69 Å². The zero-order valence-corrected chi connectivity index (χ0v) is 21.8. The fourth-order valence-corrected chi connectivity index (χ4v) is 4.63. The summed E-state index contributed by atoms with van der Waals surface area (Å²) in [5.41, 5.74) is 4.09. The van der Waals surface area contributed by atoms with E-state index in [9.17, 15) is 18.6 Å². The zero-order chi connectivity index (χ0) is 26.3. The molecule has 0 amide bonds.